The van der Waals surface area contributed by atoms with Gasteiger partial charge in [0.25, 0.3) is 0 Å². The van der Waals surface area contributed by atoms with Crippen molar-refractivity contribution in [3.8, 4) is 0 Å². The third kappa shape index (κ3) is 37.9. The number of rotatable bonds is 33. The molecule has 0 radical (unpaired) electrons. The lowest BCUT2D eigenvalue weighted by Gasteiger charge is -2.16. The van der Waals surface area contributed by atoms with Gasteiger partial charge in [0, 0.05) is 82.2 Å². The van der Waals surface area contributed by atoms with Gasteiger partial charge in [-0.15, -0.1) is 70.6 Å². The molecule has 0 aliphatic carbocycles. The van der Waals surface area contributed by atoms with Crippen LogP contribution < -0.4 is 0 Å². The molecule has 0 bridgehead atoms. The molecule has 30 heteroatoms. The van der Waals surface area contributed by atoms with E-state index in [-0.39, 0.29) is 75.3 Å². The fraction of sp³-hybridized carbons (Fsp3) is 0.380. The average Bonchev–Trinajstić information content (AvgIpc) is 1.73. The zero-order valence-corrected chi connectivity index (χ0v) is 70.2. The fourth-order valence-electron chi connectivity index (χ4n) is 8.87. The van der Waals surface area contributed by atoms with Crippen molar-refractivity contribution in [2.45, 2.75) is 119 Å². The molecule has 0 amide bonds. The van der Waals surface area contributed by atoms with Crippen LogP contribution in [0, 0.1) is 18.6 Å². The second-order valence-corrected chi connectivity index (χ2v) is 32.3. The number of thioether (sulfide) groups is 6. The Bertz CT molecular complexity index is 3920. The van der Waals surface area contributed by atoms with Crippen molar-refractivity contribution in [3.05, 3.63) is 221 Å². The maximum atomic E-state index is 13.1. The molecule has 7 rings (SSSR count). The number of benzene rings is 6. The van der Waals surface area contributed by atoms with E-state index in [1.54, 1.807) is 85.8 Å². The summed E-state index contributed by atoms with van der Waals surface area (Å²) in [6.07, 6.45) is 2.10. The van der Waals surface area contributed by atoms with E-state index in [2.05, 4.69) is 0 Å². The summed E-state index contributed by atoms with van der Waals surface area (Å²) < 4.78 is 49.7. The SMILES string of the molecule is CC(=O)C1=C(O)C(c2ccc(Cl)c(Cl)c2)SC1.COC(=O)C(SCCC(C)=O)c1ccc(C)cc1.COC(=O)C(SCCC(C)=O)c1ccc(CO)cc1.COC(=O)C(SCCC(C)=O)c1ccc(Cl)cc1Cl.COC(=O)C(SCCC(C)=O)c1ccc(F)cc1.COC(=O)C(SCCC(C)=O)c1cccc(F)c1. The van der Waals surface area contributed by atoms with E-state index in [1.807, 2.05) is 37.3 Å². The first-order valence-electron chi connectivity index (χ1n) is 33.3. The van der Waals surface area contributed by atoms with Crippen molar-refractivity contribution in [1.29, 1.82) is 0 Å². The second-order valence-electron chi connectivity index (χ2n) is 23.5. The van der Waals surface area contributed by atoms with Crippen LogP contribution in [-0.4, -0.2) is 145 Å². The summed E-state index contributed by atoms with van der Waals surface area (Å²) in [6, 6.07) is 36.7. The molecule has 1 heterocycles. The van der Waals surface area contributed by atoms with Gasteiger partial charge in [-0.05, 0) is 136 Å². The van der Waals surface area contributed by atoms with E-state index in [0.717, 1.165) is 27.8 Å². The minimum absolute atomic E-state index is 0.0271. The van der Waals surface area contributed by atoms with Gasteiger partial charge >= 0.3 is 29.8 Å². The van der Waals surface area contributed by atoms with Crippen molar-refractivity contribution in [2.75, 3.05) is 70.1 Å². The molecule has 0 saturated heterocycles. The van der Waals surface area contributed by atoms with Crippen LogP contribution in [0.4, 0.5) is 8.78 Å². The van der Waals surface area contributed by atoms with Crippen LogP contribution in [-0.2, 0) is 83.0 Å². The Kier molecular flexibility index (Phi) is 48.8. The molecule has 1 aliphatic rings. The van der Waals surface area contributed by atoms with Gasteiger partial charge < -0.3 is 33.9 Å². The highest BCUT2D eigenvalue weighted by molar-refractivity contribution is 8.01. The average molecular weight is 1700 g/mol. The third-order valence-electron chi connectivity index (χ3n) is 14.8. The maximum absolute atomic E-state index is 13.1. The van der Waals surface area contributed by atoms with E-state index in [1.165, 1.54) is 165 Å². The van der Waals surface area contributed by atoms with Gasteiger partial charge in [-0.1, -0.05) is 137 Å². The Hall–Kier alpha value is -6.69. The molecule has 0 spiro atoms. The van der Waals surface area contributed by atoms with Gasteiger partial charge in [0.05, 0.1) is 57.5 Å². The number of aliphatic hydroxyl groups is 2. The Morgan fingerprint density at radius 1 is 0.440 bits per heavy atom. The van der Waals surface area contributed by atoms with Gasteiger partial charge in [-0.25, -0.2) is 8.78 Å². The molecular formula is C79H90Cl4F2O18S6. The Labute approximate surface area is 681 Å². The Morgan fingerprint density at radius 2 is 0.817 bits per heavy atom. The highest BCUT2D eigenvalue weighted by Crippen LogP contribution is 2.45. The van der Waals surface area contributed by atoms with Crippen molar-refractivity contribution in [2.24, 2.45) is 0 Å². The number of carbonyl (C=O) groups is 11. The van der Waals surface area contributed by atoms with Gasteiger partial charge in [-0.3, -0.25) is 52.7 Å². The summed E-state index contributed by atoms with van der Waals surface area (Å²) in [5.74, 6) is 1.26. The van der Waals surface area contributed by atoms with Gasteiger partial charge in [0.15, 0.2) is 5.78 Å². The molecule has 18 nitrogen and oxygen atoms in total. The summed E-state index contributed by atoms with van der Waals surface area (Å²) in [4.78, 5) is 124. The van der Waals surface area contributed by atoms with E-state index >= 15 is 0 Å². The summed E-state index contributed by atoms with van der Waals surface area (Å²) >= 11 is 32.0. The number of halogens is 6. The summed E-state index contributed by atoms with van der Waals surface area (Å²) in [6.45, 7) is 11.0. The van der Waals surface area contributed by atoms with Gasteiger partial charge in [0.2, 0.25) is 0 Å². The van der Waals surface area contributed by atoms with Crippen molar-refractivity contribution >= 4 is 182 Å². The maximum Gasteiger partial charge on any atom is 0.323 e. The van der Waals surface area contributed by atoms with Crippen LogP contribution in [0.5, 0.6) is 0 Å². The van der Waals surface area contributed by atoms with Crippen molar-refractivity contribution in [3.63, 3.8) is 0 Å². The molecule has 6 aromatic rings. The number of esters is 5. The number of Topliss-reactive ketones (excluding diaryl/α,β-unsaturated/α-hetero) is 6. The predicted octanol–water partition coefficient (Wildman–Crippen LogP) is 18.6. The summed E-state index contributed by atoms with van der Waals surface area (Å²) in [7, 11) is 6.66. The molecule has 6 unspecified atom stereocenters. The van der Waals surface area contributed by atoms with Crippen molar-refractivity contribution in [1.82, 2.24) is 0 Å². The van der Waals surface area contributed by atoms with Crippen LogP contribution >= 0.6 is 117 Å². The number of hydrogen-bond acceptors (Lipinski definition) is 24. The summed E-state index contributed by atoms with van der Waals surface area (Å²) in [5, 5.41) is 18.2. The second kappa shape index (κ2) is 54.1. The third-order valence-corrected chi connectivity index (χ3v) is 23.6. The monoisotopic (exact) mass is 1700 g/mol. The van der Waals surface area contributed by atoms with E-state index in [4.69, 9.17) is 75.2 Å². The lowest BCUT2D eigenvalue weighted by Crippen LogP contribution is -2.12. The molecule has 0 saturated carbocycles. The fourth-order valence-corrected chi connectivity index (χ4v) is 17.2. The van der Waals surface area contributed by atoms with Crippen LogP contribution in [0.2, 0.25) is 20.1 Å². The topological polar surface area (TPSA) is 274 Å². The molecule has 6 aromatic carbocycles. The van der Waals surface area contributed by atoms with E-state index < -0.39 is 44.7 Å². The summed E-state index contributed by atoms with van der Waals surface area (Å²) in [5.41, 5.74) is 6.90. The molecule has 109 heavy (non-hydrogen) atoms. The normalized spacial score (nSPS) is 13.2. The Balaban J connectivity index is 0.000000444. The lowest BCUT2D eigenvalue weighted by molar-refractivity contribution is -0.141. The highest BCUT2D eigenvalue weighted by Gasteiger charge is 2.31. The number of aryl methyl sites for hydroxylation is 1. The zero-order chi connectivity index (χ0) is 81.9. The first-order valence-corrected chi connectivity index (χ1v) is 41.1. The largest absolute Gasteiger partial charge is 0.510 e. The number of methoxy groups -OCH3 is 5. The number of hydrogen-bond donors (Lipinski definition) is 2. The molecule has 2 N–H and O–H groups in total. The van der Waals surface area contributed by atoms with Crippen LogP contribution in [0.1, 0.15) is 150 Å². The standard InChI is InChI=1S/C14H18O4S.C14H18O3S.C13H14Cl2O3S.2C13H15FO3S.C12H10Cl2O2S/c1-10(16)7-8-19-13(14(17)18-2)12-5-3-11(9-15)4-6-12;1-10-4-6-12(7-5-10)13(14(16)17-3)18-9-8-11(2)15;1-8(16)5-6-19-12(13(17)18-2)10-4-3-9(14)7-11(10)15;1-9(15)7-8-18-12(13(16)17-2)10-3-5-11(14)6-4-10;1-9(15)6-7-18-12(13(16)17-2)10-4-3-5-11(14)8-10;1-6(15)8-5-17-12(11(8)16)7-2-3-9(13)10(14)4-7/h3-6,13,15H,7-9H2,1-2H3;4-7,13H,8-9H2,1-3H3;3-4,7,12H,5-6H2,1-2H3;3-6,12H,7-8H2,1-2H3;3-5,8,12H,6-7H2,1-2H3;2-4,12,16H,5H2,1H3. The smallest absolute Gasteiger partial charge is 0.323 e. The molecule has 0 aromatic heterocycles. The number of aliphatic hydroxyl groups excluding tert-OH is 2. The number of ether oxygens (including phenoxy) is 5. The number of carbonyl (C=O) groups excluding carboxylic acids is 11. The minimum atomic E-state index is -0.593. The first kappa shape index (κ1) is 98.4. The molecule has 6 atom stereocenters. The van der Waals surface area contributed by atoms with Crippen LogP contribution in [0.25, 0.3) is 0 Å². The van der Waals surface area contributed by atoms with Crippen molar-refractivity contribution < 1.29 is 95.4 Å². The molecule has 592 valence electrons. The van der Waals surface area contributed by atoms with Crippen LogP contribution in [0.3, 0.4) is 0 Å². The lowest BCUT2D eigenvalue weighted by atomic mass is 10.1. The highest BCUT2D eigenvalue weighted by atomic mass is 35.5. The van der Waals surface area contributed by atoms with Gasteiger partial charge in [0.1, 0.15) is 72.6 Å². The minimum Gasteiger partial charge on any atom is -0.510 e. The van der Waals surface area contributed by atoms with Gasteiger partial charge in [-0.2, -0.15) is 0 Å². The zero-order valence-electron chi connectivity index (χ0n) is 62.3. The molecule has 1 aliphatic heterocycles. The molecule has 0 fully saturated rings. The quantitative estimate of drug-likeness (QED) is 0.0286. The first-order chi connectivity index (χ1) is 51.7. The Morgan fingerprint density at radius 3 is 1.17 bits per heavy atom. The number of ketones is 6. The molecular weight excluding hydrogens is 1610 g/mol. The van der Waals surface area contributed by atoms with E-state index in [9.17, 15) is 66.6 Å². The predicted molar refractivity (Wildman–Crippen MR) is 437 cm³/mol. The van der Waals surface area contributed by atoms with E-state index in [0.29, 0.717) is 109 Å². The van der Waals surface area contributed by atoms with Crippen LogP contribution in [0.15, 0.2) is 145 Å².